The summed E-state index contributed by atoms with van der Waals surface area (Å²) in [4.78, 5) is 30.2. The number of rotatable bonds is 8. The van der Waals surface area contributed by atoms with Gasteiger partial charge in [-0.25, -0.2) is 4.99 Å². The molecule has 0 aliphatic carbocycles. The molecule has 0 unspecified atom stereocenters. The number of benzene rings is 2. The number of nitrogens with one attached hydrogen (secondary N) is 2. The van der Waals surface area contributed by atoms with Gasteiger partial charge in [-0.15, -0.1) is 0 Å². The summed E-state index contributed by atoms with van der Waals surface area (Å²) in [6, 6.07) is 12.1. The lowest BCUT2D eigenvalue weighted by atomic mass is 10.0. The summed E-state index contributed by atoms with van der Waals surface area (Å²) in [6.45, 7) is 2.47. The first-order chi connectivity index (χ1) is 16.5. The van der Waals surface area contributed by atoms with Crippen LogP contribution in [0.2, 0.25) is 0 Å². The second kappa shape index (κ2) is 11.0. The Labute approximate surface area is 198 Å². The van der Waals surface area contributed by atoms with Gasteiger partial charge in [-0.3, -0.25) is 9.59 Å². The summed E-state index contributed by atoms with van der Waals surface area (Å²) in [5.41, 5.74) is 1.55. The number of hydrogen-bond acceptors (Lipinski definition) is 7. The van der Waals surface area contributed by atoms with Crippen LogP contribution in [0.25, 0.3) is 5.70 Å². The second-order valence-electron chi connectivity index (χ2n) is 7.32. The Hall–Kier alpha value is -4.32. The third-order valence-electron chi connectivity index (χ3n) is 5.21. The molecule has 2 aromatic carbocycles. The van der Waals surface area contributed by atoms with Crippen molar-refractivity contribution in [2.45, 2.75) is 19.8 Å². The zero-order valence-corrected chi connectivity index (χ0v) is 19.5. The Balaban J connectivity index is 1.98. The zero-order valence-electron chi connectivity index (χ0n) is 19.5. The fraction of sp³-hybridized carbons (Fsp3) is 0.280. The summed E-state index contributed by atoms with van der Waals surface area (Å²) in [7, 11) is 4.40. The number of hydrogen-bond donors (Lipinski definition) is 2. The van der Waals surface area contributed by atoms with Crippen molar-refractivity contribution in [2.75, 3.05) is 27.9 Å². The van der Waals surface area contributed by atoms with Gasteiger partial charge >= 0.3 is 0 Å². The molecule has 176 valence electrons. The van der Waals surface area contributed by atoms with Crippen LogP contribution < -0.4 is 24.8 Å². The van der Waals surface area contributed by atoms with Gasteiger partial charge in [-0.2, -0.15) is 5.26 Å². The highest BCUT2D eigenvalue weighted by Gasteiger charge is 2.27. The molecule has 3 rings (SSSR count). The average molecular weight is 463 g/mol. The van der Waals surface area contributed by atoms with Crippen LogP contribution in [0.4, 0.5) is 0 Å². The fourth-order valence-corrected chi connectivity index (χ4v) is 3.48. The van der Waals surface area contributed by atoms with Gasteiger partial charge in [0.1, 0.15) is 17.5 Å². The summed E-state index contributed by atoms with van der Waals surface area (Å²) < 4.78 is 15.9. The van der Waals surface area contributed by atoms with Crippen LogP contribution in [0.3, 0.4) is 0 Å². The van der Waals surface area contributed by atoms with E-state index in [-0.39, 0.29) is 22.7 Å². The van der Waals surface area contributed by atoms with Crippen molar-refractivity contribution in [1.82, 2.24) is 10.6 Å². The lowest BCUT2D eigenvalue weighted by molar-refractivity contribution is -0.117. The highest BCUT2D eigenvalue weighted by molar-refractivity contribution is 6.20. The third kappa shape index (κ3) is 4.86. The number of nitriles is 1. The Morgan fingerprint density at radius 2 is 1.68 bits per heavy atom. The molecule has 0 atom stereocenters. The molecular weight excluding hydrogens is 436 g/mol. The van der Waals surface area contributed by atoms with Crippen LogP contribution in [0.1, 0.15) is 41.3 Å². The molecule has 0 fully saturated rings. The first-order valence-corrected chi connectivity index (χ1v) is 10.7. The minimum absolute atomic E-state index is 0.111. The highest BCUT2D eigenvalue weighted by Crippen LogP contribution is 2.38. The van der Waals surface area contributed by atoms with Crippen molar-refractivity contribution in [3.8, 4) is 23.3 Å². The van der Waals surface area contributed by atoms with Crippen LogP contribution in [0.15, 0.2) is 47.0 Å². The number of amidine groups is 1. The fourth-order valence-electron chi connectivity index (χ4n) is 3.48. The van der Waals surface area contributed by atoms with Gasteiger partial charge in [0, 0.05) is 23.2 Å². The number of amides is 2. The number of unbranched alkanes of at least 4 members (excludes halogenated alkanes) is 1. The summed E-state index contributed by atoms with van der Waals surface area (Å²) in [5.74, 6) is 0.289. The zero-order chi connectivity index (χ0) is 24.7. The van der Waals surface area contributed by atoms with E-state index in [0.717, 1.165) is 12.8 Å². The molecule has 0 spiro atoms. The first-order valence-electron chi connectivity index (χ1n) is 10.7. The van der Waals surface area contributed by atoms with Crippen LogP contribution in [-0.2, 0) is 4.79 Å². The largest absolute Gasteiger partial charge is 0.493 e. The van der Waals surface area contributed by atoms with E-state index < -0.39 is 11.8 Å². The van der Waals surface area contributed by atoms with E-state index in [1.54, 1.807) is 24.3 Å². The Morgan fingerprint density at radius 3 is 2.24 bits per heavy atom. The van der Waals surface area contributed by atoms with E-state index in [0.29, 0.717) is 34.9 Å². The van der Waals surface area contributed by atoms with Crippen molar-refractivity contribution in [3.05, 3.63) is 58.7 Å². The van der Waals surface area contributed by atoms with Crippen molar-refractivity contribution in [1.29, 1.82) is 5.26 Å². The van der Waals surface area contributed by atoms with E-state index in [4.69, 9.17) is 14.2 Å². The van der Waals surface area contributed by atoms with Gasteiger partial charge in [-0.1, -0.05) is 37.6 Å². The van der Waals surface area contributed by atoms with Crippen molar-refractivity contribution < 1.29 is 23.8 Å². The SMILES string of the molecule is CCCCNC(=O)C(C#N)=C1N=C(NC(=O)c2cc(OC)c(OC)c(OC)c2)c2ccccc21. The molecule has 0 bridgehead atoms. The standard InChI is InChI=1S/C25H26N4O5/c1-5-6-11-27-25(31)18(14-26)21-16-9-7-8-10-17(16)23(28-21)29-24(30)15-12-19(32-2)22(34-4)20(13-15)33-3/h7-10,12-13H,5-6,11H2,1-4H3,(H,27,31)(H,28,29,30). The molecular formula is C25H26N4O5. The number of methoxy groups -OCH3 is 3. The molecule has 34 heavy (non-hydrogen) atoms. The summed E-state index contributed by atoms with van der Waals surface area (Å²) in [5, 5.41) is 15.2. The molecule has 2 aromatic rings. The quantitative estimate of drug-likeness (QED) is 0.353. The van der Waals surface area contributed by atoms with Gasteiger partial charge in [0.15, 0.2) is 11.5 Å². The van der Waals surface area contributed by atoms with Crippen LogP contribution in [0, 0.1) is 11.3 Å². The maximum Gasteiger partial charge on any atom is 0.264 e. The number of carbonyl (C=O) groups excluding carboxylic acids is 2. The van der Waals surface area contributed by atoms with Crippen LogP contribution >= 0.6 is 0 Å². The summed E-state index contributed by atoms with van der Waals surface area (Å²) in [6.07, 6.45) is 1.71. The molecule has 9 nitrogen and oxygen atoms in total. The van der Waals surface area contributed by atoms with Gasteiger partial charge in [-0.05, 0) is 18.6 Å². The van der Waals surface area contributed by atoms with Gasteiger partial charge in [0.2, 0.25) is 5.75 Å². The summed E-state index contributed by atoms with van der Waals surface area (Å²) >= 11 is 0. The van der Waals surface area contributed by atoms with Crippen LogP contribution in [0.5, 0.6) is 17.2 Å². The molecule has 0 saturated carbocycles. The van der Waals surface area contributed by atoms with Gasteiger partial charge in [0.05, 0.1) is 27.0 Å². The van der Waals surface area contributed by atoms with Gasteiger partial charge < -0.3 is 24.8 Å². The smallest absolute Gasteiger partial charge is 0.264 e. The molecule has 0 saturated heterocycles. The predicted molar refractivity (Wildman–Crippen MR) is 127 cm³/mol. The molecule has 1 aliphatic heterocycles. The van der Waals surface area contributed by atoms with E-state index in [2.05, 4.69) is 15.6 Å². The van der Waals surface area contributed by atoms with E-state index in [1.165, 1.54) is 33.5 Å². The number of nitrogens with zero attached hydrogens (tertiary/aromatic N) is 2. The molecule has 0 radical (unpaired) electrons. The topological polar surface area (TPSA) is 122 Å². The number of ether oxygens (including phenoxy) is 3. The monoisotopic (exact) mass is 462 g/mol. The minimum Gasteiger partial charge on any atom is -0.493 e. The van der Waals surface area contributed by atoms with Crippen LogP contribution in [-0.4, -0.2) is 45.5 Å². The molecule has 2 N–H and O–H groups in total. The van der Waals surface area contributed by atoms with Crippen molar-refractivity contribution in [2.24, 2.45) is 4.99 Å². The Bertz CT molecular complexity index is 1190. The maximum absolute atomic E-state index is 13.1. The van der Waals surface area contributed by atoms with E-state index in [1.807, 2.05) is 13.0 Å². The molecule has 2 amide bonds. The number of aliphatic imine (C=N–C) groups is 1. The van der Waals surface area contributed by atoms with E-state index >= 15 is 0 Å². The molecule has 1 heterocycles. The molecule has 0 aromatic heterocycles. The molecule has 1 aliphatic rings. The predicted octanol–water partition coefficient (Wildman–Crippen LogP) is 3.05. The normalized spacial score (nSPS) is 13.2. The number of carbonyl (C=O) groups is 2. The number of fused-ring (bicyclic) bond motifs is 1. The highest BCUT2D eigenvalue weighted by atomic mass is 16.5. The molecule has 9 heteroatoms. The third-order valence-corrected chi connectivity index (χ3v) is 5.21. The second-order valence-corrected chi connectivity index (χ2v) is 7.32. The Kier molecular flexibility index (Phi) is 7.88. The van der Waals surface area contributed by atoms with Gasteiger partial charge in [0.25, 0.3) is 11.8 Å². The maximum atomic E-state index is 13.1. The first kappa shape index (κ1) is 24.3. The van der Waals surface area contributed by atoms with Crippen molar-refractivity contribution >= 4 is 23.3 Å². The minimum atomic E-state index is -0.498. The Morgan fingerprint density at radius 1 is 1.03 bits per heavy atom. The van der Waals surface area contributed by atoms with E-state index in [9.17, 15) is 14.9 Å². The lowest BCUT2D eigenvalue weighted by Gasteiger charge is -2.14. The van der Waals surface area contributed by atoms with Crippen molar-refractivity contribution in [3.63, 3.8) is 0 Å². The average Bonchev–Trinajstić information content (AvgIpc) is 3.21. The lowest BCUT2D eigenvalue weighted by Crippen LogP contribution is -2.30.